The minimum absolute atomic E-state index is 0.00508. The van der Waals surface area contributed by atoms with E-state index in [0.29, 0.717) is 10.8 Å². The van der Waals surface area contributed by atoms with Gasteiger partial charge in [-0.1, -0.05) is 11.8 Å². The SMILES string of the molecule is CCOC(=O)C1C(C)=NC(=O)N=C1SCC(=O)Nc1nccs1. The summed E-state index contributed by atoms with van der Waals surface area (Å²) in [5, 5.41) is 5.05. The molecule has 0 aromatic carbocycles. The van der Waals surface area contributed by atoms with Crippen LogP contribution in [0.3, 0.4) is 0 Å². The van der Waals surface area contributed by atoms with Crippen LogP contribution in [0.25, 0.3) is 0 Å². The molecule has 1 aromatic rings. The van der Waals surface area contributed by atoms with E-state index in [-0.39, 0.29) is 23.3 Å². The Kier molecular flexibility index (Phi) is 5.99. The summed E-state index contributed by atoms with van der Waals surface area (Å²) in [6.45, 7) is 3.45. The summed E-state index contributed by atoms with van der Waals surface area (Å²) < 4.78 is 4.98. The Labute approximate surface area is 140 Å². The first-order valence-corrected chi connectivity index (χ1v) is 8.54. The molecule has 23 heavy (non-hydrogen) atoms. The third kappa shape index (κ3) is 4.70. The van der Waals surface area contributed by atoms with Crippen molar-refractivity contribution in [2.24, 2.45) is 15.9 Å². The van der Waals surface area contributed by atoms with E-state index < -0.39 is 17.9 Å². The van der Waals surface area contributed by atoms with E-state index in [2.05, 4.69) is 20.3 Å². The number of nitrogens with one attached hydrogen (secondary N) is 1. The van der Waals surface area contributed by atoms with E-state index >= 15 is 0 Å². The highest BCUT2D eigenvalue weighted by Crippen LogP contribution is 2.22. The van der Waals surface area contributed by atoms with E-state index in [1.807, 2.05) is 0 Å². The number of urea groups is 1. The van der Waals surface area contributed by atoms with Gasteiger partial charge in [0.1, 0.15) is 5.92 Å². The number of thioether (sulfide) groups is 1. The third-order valence-electron chi connectivity index (χ3n) is 2.69. The van der Waals surface area contributed by atoms with Crippen molar-refractivity contribution < 1.29 is 19.1 Å². The summed E-state index contributed by atoms with van der Waals surface area (Å²) in [7, 11) is 0. The average Bonchev–Trinajstić information content (AvgIpc) is 2.97. The Bertz CT molecular complexity index is 670. The molecule has 0 saturated heterocycles. The molecular formula is C13H14N4O4S2. The van der Waals surface area contributed by atoms with Crippen molar-refractivity contribution in [1.82, 2.24) is 4.98 Å². The number of anilines is 1. The van der Waals surface area contributed by atoms with Crippen molar-refractivity contribution in [3.63, 3.8) is 0 Å². The lowest BCUT2D eigenvalue weighted by Gasteiger charge is -2.19. The van der Waals surface area contributed by atoms with Crippen LogP contribution in [0.4, 0.5) is 9.93 Å². The number of hydrogen-bond donors (Lipinski definition) is 1. The first-order chi connectivity index (χ1) is 11.0. The Hall–Kier alpha value is -2.07. The molecule has 0 aliphatic carbocycles. The fourth-order valence-corrected chi connectivity index (χ4v) is 3.24. The number of ether oxygens (including phenoxy) is 1. The highest BCUT2D eigenvalue weighted by Gasteiger charge is 2.33. The van der Waals surface area contributed by atoms with Gasteiger partial charge in [0.05, 0.1) is 17.4 Å². The van der Waals surface area contributed by atoms with Crippen LogP contribution in [0.2, 0.25) is 0 Å². The molecular weight excluding hydrogens is 340 g/mol. The number of aromatic nitrogens is 1. The first-order valence-electron chi connectivity index (χ1n) is 6.67. The highest BCUT2D eigenvalue weighted by molar-refractivity contribution is 8.14. The molecule has 10 heteroatoms. The number of amides is 3. The lowest BCUT2D eigenvalue weighted by atomic mass is 10.1. The average molecular weight is 354 g/mol. The number of carbonyl (C=O) groups is 3. The molecule has 2 rings (SSSR count). The smallest absolute Gasteiger partial charge is 0.367 e. The number of esters is 1. The molecule has 1 N–H and O–H groups in total. The number of aliphatic imine (C=N–C) groups is 2. The zero-order chi connectivity index (χ0) is 16.8. The molecule has 0 spiro atoms. The van der Waals surface area contributed by atoms with E-state index in [4.69, 9.17) is 4.74 Å². The molecule has 3 amide bonds. The van der Waals surface area contributed by atoms with Crippen LogP contribution in [0.1, 0.15) is 13.8 Å². The maximum absolute atomic E-state index is 12.0. The van der Waals surface area contributed by atoms with Crippen molar-refractivity contribution in [3.8, 4) is 0 Å². The minimum atomic E-state index is -0.842. The van der Waals surface area contributed by atoms with Crippen LogP contribution in [0.5, 0.6) is 0 Å². The van der Waals surface area contributed by atoms with Gasteiger partial charge in [0.25, 0.3) is 0 Å². The lowest BCUT2D eigenvalue weighted by molar-refractivity contribution is -0.143. The second kappa shape index (κ2) is 7.97. The molecule has 1 atom stereocenters. The first kappa shape index (κ1) is 17.3. The van der Waals surface area contributed by atoms with Crippen molar-refractivity contribution in [3.05, 3.63) is 11.6 Å². The van der Waals surface area contributed by atoms with Crippen molar-refractivity contribution in [2.75, 3.05) is 17.7 Å². The maximum atomic E-state index is 12.0. The van der Waals surface area contributed by atoms with Crippen molar-refractivity contribution >= 4 is 56.9 Å². The minimum Gasteiger partial charge on any atom is -0.465 e. The van der Waals surface area contributed by atoms with Gasteiger partial charge in [0.2, 0.25) is 5.91 Å². The molecule has 0 fully saturated rings. The summed E-state index contributed by atoms with van der Waals surface area (Å²) in [6.07, 6.45) is 1.58. The molecule has 0 saturated carbocycles. The van der Waals surface area contributed by atoms with Gasteiger partial charge in [-0.15, -0.1) is 11.3 Å². The van der Waals surface area contributed by atoms with E-state index in [9.17, 15) is 14.4 Å². The Morgan fingerprint density at radius 2 is 2.22 bits per heavy atom. The van der Waals surface area contributed by atoms with Crippen LogP contribution >= 0.6 is 23.1 Å². The Morgan fingerprint density at radius 1 is 1.43 bits per heavy atom. The van der Waals surface area contributed by atoms with Gasteiger partial charge in [-0.25, -0.2) is 9.78 Å². The van der Waals surface area contributed by atoms with Crippen LogP contribution < -0.4 is 5.32 Å². The summed E-state index contributed by atoms with van der Waals surface area (Å²) in [5.74, 6) is -1.68. The molecule has 1 unspecified atom stereocenters. The van der Waals surface area contributed by atoms with Gasteiger partial charge >= 0.3 is 12.0 Å². The predicted octanol–water partition coefficient (Wildman–Crippen LogP) is 1.99. The molecule has 0 bridgehead atoms. The molecule has 2 heterocycles. The molecule has 0 radical (unpaired) electrons. The number of nitrogens with zero attached hydrogens (tertiary/aromatic N) is 3. The van der Waals surface area contributed by atoms with Gasteiger partial charge in [-0.2, -0.15) is 9.98 Å². The largest absolute Gasteiger partial charge is 0.465 e. The van der Waals surface area contributed by atoms with Gasteiger partial charge in [0, 0.05) is 17.3 Å². The lowest BCUT2D eigenvalue weighted by Crippen LogP contribution is -2.34. The molecule has 1 aliphatic rings. The van der Waals surface area contributed by atoms with Crippen LogP contribution in [0, 0.1) is 5.92 Å². The number of thiazole rings is 1. The van der Waals surface area contributed by atoms with E-state index in [1.54, 1.807) is 25.4 Å². The standard InChI is InChI=1S/C13H14N4O4S2/c1-3-21-11(19)9-7(2)15-12(20)17-10(9)23-6-8(18)16-13-14-4-5-22-13/h4-5,9H,3,6H2,1-2H3,(H,14,16,18). The third-order valence-corrected chi connectivity index (χ3v) is 4.41. The van der Waals surface area contributed by atoms with Crippen molar-refractivity contribution in [1.29, 1.82) is 0 Å². The zero-order valence-corrected chi connectivity index (χ0v) is 14.1. The number of hydrogen-bond acceptors (Lipinski definition) is 7. The van der Waals surface area contributed by atoms with Crippen LogP contribution in [0.15, 0.2) is 21.6 Å². The second-order valence-electron chi connectivity index (χ2n) is 4.34. The molecule has 1 aliphatic heterocycles. The van der Waals surface area contributed by atoms with Crippen molar-refractivity contribution in [2.45, 2.75) is 13.8 Å². The van der Waals surface area contributed by atoms with Gasteiger partial charge in [-0.3, -0.25) is 9.59 Å². The summed E-state index contributed by atoms with van der Waals surface area (Å²) in [6, 6.07) is -0.689. The molecule has 1 aromatic heterocycles. The monoisotopic (exact) mass is 354 g/mol. The van der Waals surface area contributed by atoms with Gasteiger partial charge < -0.3 is 10.1 Å². The van der Waals surface area contributed by atoms with Gasteiger partial charge in [-0.05, 0) is 13.8 Å². The summed E-state index contributed by atoms with van der Waals surface area (Å²) in [5.41, 5.74) is 0.311. The Morgan fingerprint density at radius 3 is 2.87 bits per heavy atom. The Balaban J connectivity index is 2.01. The topological polar surface area (TPSA) is 110 Å². The molecule has 122 valence electrons. The predicted molar refractivity (Wildman–Crippen MR) is 89.3 cm³/mol. The number of carbonyl (C=O) groups excluding carboxylic acids is 3. The maximum Gasteiger partial charge on any atom is 0.367 e. The van der Waals surface area contributed by atoms with E-state index in [0.717, 1.165) is 11.8 Å². The fraction of sp³-hybridized carbons (Fsp3) is 0.385. The fourth-order valence-electron chi connectivity index (χ4n) is 1.77. The van der Waals surface area contributed by atoms with Crippen LogP contribution in [-0.2, 0) is 14.3 Å². The normalized spacial score (nSPS) is 17.3. The second-order valence-corrected chi connectivity index (χ2v) is 6.24. The number of rotatable bonds is 5. The van der Waals surface area contributed by atoms with Gasteiger partial charge in [0.15, 0.2) is 5.13 Å². The zero-order valence-electron chi connectivity index (χ0n) is 12.4. The van der Waals surface area contributed by atoms with E-state index in [1.165, 1.54) is 11.3 Å². The summed E-state index contributed by atoms with van der Waals surface area (Å²) in [4.78, 5) is 46.7. The van der Waals surface area contributed by atoms with Crippen LogP contribution in [-0.4, -0.2) is 46.0 Å². The quantitative estimate of drug-likeness (QED) is 0.810. The molecule has 8 nitrogen and oxygen atoms in total. The summed E-state index contributed by atoms with van der Waals surface area (Å²) >= 11 is 2.31. The highest BCUT2D eigenvalue weighted by atomic mass is 32.2.